The number of rotatable bonds is 6. The molecule has 5 heteroatoms. The van der Waals surface area contributed by atoms with E-state index in [-0.39, 0.29) is 5.91 Å². The first-order valence-electron chi connectivity index (χ1n) is 8.20. The summed E-state index contributed by atoms with van der Waals surface area (Å²) >= 11 is 0. The molecule has 0 saturated carbocycles. The minimum absolute atomic E-state index is 0.0128. The van der Waals surface area contributed by atoms with E-state index >= 15 is 0 Å². The molecule has 2 N–H and O–H groups in total. The van der Waals surface area contributed by atoms with Crippen molar-refractivity contribution >= 4 is 22.5 Å². The van der Waals surface area contributed by atoms with Gasteiger partial charge in [-0.05, 0) is 49.2 Å². The largest absolute Gasteiger partial charge is 0.493 e. The smallest absolute Gasteiger partial charge is 0.224 e. The molecule has 0 unspecified atom stereocenters. The van der Waals surface area contributed by atoms with Gasteiger partial charge in [0.1, 0.15) is 0 Å². The van der Waals surface area contributed by atoms with Gasteiger partial charge in [0.15, 0.2) is 11.5 Å². The predicted molar refractivity (Wildman–Crippen MR) is 99.5 cm³/mol. The van der Waals surface area contributed by atoms with E-state index < -0.39 is 0 Å². The molecule has 0 fully saturated rings. The topological polar surface area (TPSA) is 63.3 Å². The molecular weight excluding hydrogens is 316 g/mol. The average Bonchev–Trinajstić information content (AvgIpc) is 3.01. The Morgan fingerprint density at radius 1 is 1.08 bits per heavy atom. The summed E-state index contributed by atoms with van der Waals surface area (Å²) in [5, 5.41) is 4.03. The Morgan fingerprint density at radius 3 is 2.64 bits per heavy atom. The molecule has 130 valence electrons. The molecule has 0 radical (unpaired) electrons. The summed E-state index contributed by atoms with van der Waals surface area (Å²) in [5.74, 6) is 1.35. The van der Waals surface area contributed by atoms with Crippen molar-refractivity contribution in [2.75, 3.05) is 19.5 Å². The van der Waals surface area contributed by atoms with Crippen LogP contribution in [0.5, 0.6) is 11.5 Å². The first-order chi connectivity index (χ1) is 12.1. The van der Waals surface area contributed by atoms with Crippen LogP contribution in [-0.2, 0) is 11.2 Å². The van der Waals surface area contributed by atoms with Crippen LogP contribution in [0, 0.1) is 6.92 Å². The number of methoxy groups -OCH3 is 2. The molecule has 0 bridgehead atoms. The van der Waals surface area contributed by atoms with Gasteiger partial charge in [0, 0.05) is 23.0 Å². The van der Waals surface area contributed by atoms with Crippen molar-refractivity contribution in [1.29, 1.82) is 0 Å². The Morgan fingerprint density at radius 2 is 1.88 bits per heavy atom. The van der Waals surface area contributed by atoms with Gasteiger partial charge in [0.05, 0.1) is 19.9 Å². The summed E-state index contributed by atoms with van der Waals surface area (Å²) < 4.78 is 10.5. The number of carbonyl (C=O) groups is 1. The number of amides is 1. The van der Waals surface area contributed by atoms with Crippen LogP contribution in [0.25, 0.3) is 10.9 Å². The van der Waals surface area contributed by atoms with Gasteiger partial charge in [0.25, 0.3) is 0 Å². The summed E-state index contributed by atoms with van der Waals surface area (Å²) in [6.07, 6.45) is 1.03. The lowest BCUT2D eigenvalue weighted by Gasteiger charge is -2.10. The van der Waals surface area contributed by atoms with Crippen LogP contribution in [0.2, 0.25) is 0 Å². The number of hydrogen-bond acceptors (Lipinski definition) is 3. The standard InChI is InChI=1S/C20H22N2O3/c1-13-11-15-16(21-13)5-4-6-17(15)22-20(23)10-8-14-7-9-18(24-2)19(12-14)25-3/h4-7,9,11-12,21H,8,10H2,1-3H3,(H,22,23). The van der Waals surface area contributed by atoms with Crippen LogP contribution in [0.15, 0.2) is 42.5 Å². The number of nitrogens with one attached hydrogen (secondary N) is 2. The molecule has 0 aliphatic rings. The highest BCUT2D eigenvalue weighted by atomic mass is 16.5. The van der Waals surface area contributed by atoms with Crippen molar-refractivity contribution in [3.05, 3.63) is 53.7 Å². The van der Waals surface area contributed by atoms with Crippen LogP contribution < -0.4 is 14.8 Å². The first-order valence-corrected chi connectivity index (χ1v) is 8.20. The summed E-state index contributed by atoms with van der Waals surface area (Å²) in [6, 6.07) is 13.6. The van der Waals surface area contributed by atoms with E-state index in [1.54, 1.807) is 14.2 Å². The lowest BCUT2D eigenvalue weighted by atomic mass is 10.1. The van der Waals surface area contributed by atoms with Gasteiger partial charge in [0.2, 0.25) is 5.91 Å². The number of hydrogen-bond donors (Lipinski definition) is 2. The van der Waals surface area contributed by atoms with E-state index in [0.29, 0.717) is 24.3 Å². The minimum atomic E-state index is -0.0128. The quantitative estimate of drug-likeness (QED) is 0.712. The van der Waals surface area contributed by atoms with Gasteiger partial charge in [-0.15, -0.1) is 0 Å². The Bertz CT molecular complexity index is 899. The predicted octanol–water partition coefficient (Wildman–Crippen LogP) is 4.06. The van der Waals surface area contributed by atoms with E-state index in [4.69, 9.17) is 9.47 Å². The number of carbonyl (C=O) groups excluding carboxylic acids is 1. The van der Waals surface area contributed by atoms with E-state index in [1.165, 1.54) is 0 Å². The van der Waals surface area contributed by atoms with Crippen molar-refractivity contribution < 1.29 is 14.3 Å². The van der Waals surface area contributed by atoms with Crippen LogP contribution in [0.4, 0.5) is 5.69 Å². The highest BCUT2D eigenvalue weighted by molar-refractivity contribution is 6.01. The maximum atomic E-state index is 12.3. The molecule has 0 aliphatic carbocycles. The maximum absolute atomic E-state index is 12.3. The van der Waals surface area contributed by atoms with Gasteiger partial charge < -0.3 is 19.8 Å². The second kappa shape index (κ2) is 7.30. The molecule has 5 nitrogen and oxygen atoms in total. The van der Waals surface area contributed by atoms with E-state index in [9.17, 15) is 4.79 Å². The fraction of sp³-hybridized carbons (Fsp3) is 0.250. The van der Waals surface area contributed by atoms with E-state index in [0.717, 1.165) is 27.8 Å². The van der Waals surface area contributed by atoms with Gasteiger partial charge in [-0.3, -0.25) is 4.79 Å². The second-order valence-electron chi connectivity index (χ2n) is 5.96. The second-order valence-corrected chi connectivity index (χ2v) is 5.96. The van der Waals surface area contributed by atoms with E-state index in [1.807, 2.05) is 49.4 Å². The van der Waals surface area contributed by atoms with E-state index in [2.05, 4.69) is 10.3 Å². The number of aromatic amines is 1. The number of ether oxygens (including phenoxy) is 2. The fourth-order valence-corrected chi connectivity index (χ4v) is 2.91. The molecule has 3 rings (SSSR count). The van der Waals surface area contributed by atoms with Crippen LogP contribution in [0.3, 0.4) is 0 Å². The van der Waals surface area contributed by atoms with Crippen LogP contribution in [-0.4, -0.2) is 25.1 Å². The van der Waals surface area contributed by atoms with Crippen molar-refractivity contribution in [2.45, 2.75) is 19.8 Å². The van der Waals surface area contributed by atoms with Crippen molar-refractivity contribution in [3.8, 4) is 11.5 Å². The number of aromatic nitrogens is 1. The fourth-order valence-electron chi connectivity index (χ4n) is 2.91. The number of H-pyrrole nitrogens is 1. The zero-order valence-corrected chi connectivity index (χ0v) is 14.7. The molecule has 1 aromatic heterocycles. The zero-order valence-electron chi connectivity index (χ0n) is 14.7. The Kier molecular flexibility index (Phi) is 4.93. The highest BCUT2D eigenvalue weighted by Gasteiger charge is 2.09. The molecular formula is C20H22N2O3. The summed E-state index contributed by atoms with van der Waals surface area (Å²) in [7, 11) is 3.21. The summed E-state index contributed by atoms with van der Waals surface area (Å²) in [5.41, 5.74) is 3.96. The number of anilines is 1. The Labute approximate surface area is 147 Å². The zero-order chi connectivity index (χ0) is 17.8. The molecule has 0 saturated heterocycles. The molecule has 1 amide bonds. The van der Waals surface area contributed by atoms with Crippen LogP contribution in [0.1, 0.15) is 17.7 Å². The number of benzene rings is 2. The molecule has 0 aliphatic heterocycles. The summed E-state index contributed by atoms with van der Waals surface area (Å²) in [4.78, 5) is 15.6. The molecule has 1 heterocycles. The lowest BCUT2D eigenvalue weighted by molar-refractivity contribution is -0.116. The molecule has 3 aromatic rings. The average molecular weight is 338 g/mol. The molecule has 25 heavy (non-hydrogen) atoms. The number of aryl methyl sites for hydroxylation is 2. The third kappa shape index (κ3) is 3.76. The monoisotopic (exact) mass is 338 g/mol. The summed E-state index contributed by atoms with van der Waals surface area (Å²) in [6.45, 7) is 2.00. The molecule has 2 aromatic carbocycles. The minimum Gasteiger partial charge on any atom is -0.493 e. The van der Waals surface area contributed by atoms with Gasteiger partial charge >= 0.3 is 0 Å². The Hall–Kier alpha value is -2.95. The highest BCUT2D eigenvalue weighted by Crippen LogP contribution is 2.28. The molecule has 0 atom stereocenters. The van der Waals surface area contributed by atoms with Crippen molar-refractivity contribution in [2.24, 2.45) is 0 Å². The first kappa shape index (κ1) is 16.9. The maximum Gasteiger partial charge on any atom is 0.224 e. The normalized spacial score (nSPS) is 10.7. The lowest BCUT2D eigenvalue weighted by Crippen LogP contribution is -2.12. The van der Waals surface area contributed by atoms with Crippen molar-refractivity contribution in [3.63, 3.8) is 0 Å². The van der Waals surface area contributed by atoms with Crippen molar-refractivity contribution in [1.82, 2.24) is 4.98 Å². The van der Waals surface area contributed by atoms with Crippen LogP contribution >= 0.6 is 0 Å². The van der Waals surface area contributed by atoms with Gasteiger partial charge in [-0.1, -0.05) is 12.1 Å². The third-order valence-electron chi connectivity index (χ3n) is 4.16. The molecule has 0 spiro atoms. The third-order valence-corrected chi connectivity index (χ3v) is 4.16. The van der Waals surface area contributed by atoms with Gasteiger partial charge in [-0.25, -0.2) is 0 Å². The Balaban J connectivity index is 1.66. The number of fused-ring (bicyclic) bond motifs is 1. The van der Waals surface area contributed by atoms with Gasteiger partial charge in [-0.2, -0.15) is 0 Å². The SMILES string of the molecule is COc1ccc(CCC(=O)Nc2cccc3[nH]c(C)cc23)cc1OC.